The molecule has 0 atom stereocenters. The number of rotatable bonds is 1. The van der Waals surface area contributed by atoms with Crippen LogP contribution in [0.5, 0.6) is 0 Å². The minimum absolute atomic E-state index is 0.815. The summed E-state index contributed by atoms with van der Waals surface area (Å²) in [7, 11) is 0. The lowest BCUT2D eigenvalue weighted by atomic mass is 10.3. The molecule has 14 heavy (non-hydrogen) atoms. The lowest BCUT2D eigenvalue weighted by molar-refractivity contribution is 0.168. The standard InChI is InChI=1S/C10H10N2OS/c1-2-5-9-8(4-1)11-10(14-9)12-6-3-7-13-12/h1-2,4-5H,3,6-7H2. The first kappa shape index (κ1) is 8.20. The van der Waals surface area contributed by atoms with Gasteiger partial charge in [-0.3, -0.25) is 4.84 Å². The van der Waals surface area contributed by atoms with Crippen LogP contribution in [-0.2, 0) is 4.84 Å². The van der Waals surface area contributed by atoms with Gasteiger partial charge in [-0.1, -0.05) is 23.5 Å². The van der Waals surface area contributed by atoms with Crippen LogP contribution < -0.4 is 5.06 Å². The molecule has 2 aromatic rings. The van der Waals surface area contributed by atoms with E-state index in [-0.39, 0.29) is 0 Å². The lowest BCUT2D eigenvalue weighted by Crippen LogP contribution is -2.15. The fourth-order valence-electron chi connectivity index (χ4n) is 1.57. The van der Waals surface area contributed by atoms with Gasteiger partial charge in [-0.05, 0) is 18.6 Å². The molecule has 0 saturated carbocycles. The molecule has 2 heterocycles. The zero-order valence-electron chi connectivity index (χ0n) is 7.64. The smallest absolute Gasteiger partial charge is 0.210 e. The summed E-state index contributed by atoms with van der Waals surface area (Å²) in [4.78, 5) is 9.96. The highest BCUT2D eigenvalue weighted by atomic mass is 32.1. The summed E-state index contributed by atoms with van der Waals surface area (Å²) < 4.78 is 1.22. The van der Waals surface area contributed by atoms with Crippen molar-refractivity contribution in [3.63, 3.8) is 0 Å². The predicted molar refractivity (Wildman–Crippen MR) is 57.5 cm³/mol. The minimum atomic E-state index is 0.815. The molecule has 0 aliphatic carbocycles. The Labute approximate surface area is 85.9 Å². The van der Waals surface area contributed by atoms with Crippen molar-refractivity contribution in [2.45, 2.75) is 6.42 Å². The van der Waals surface area contributed by atoms with E-state index in [2.05, 4.69) is 11.1 Å². The molecule has 1 aliphatic rings. The van der Waals surface area contributed by atoms with E-state index in [0.717, 1.165) is 30.2 Å². The Morgan fingerprint density at radius 2 is 2.29 bits per heavy atom. The molecule has 3 rings (SSSR count). The molecule has 1 aliphatic heterocycles. The SMILES string of the molecule is c1ccc2sc(N3CCCO3)nc2c1. The van der Waals surface area contributed by atoms with Crippen LogP contribution in [0.4, 0.5) is 5.13 Å². The third-order valence-electron chi connectivity index (χ3n) is 2.25. The number of benzene rings is 1. The zero-order chi connectivity index (χ0) is 9.38. The molecule has 0 radical (unpaired) electrons. The Morgan fingerprint density at radius 3 is 3.07 bits per heavy atom. The molecule has 1 aromatic carbocycles. The third kappa shape index (κ3) is 1.27. The van der Waals surface area contributed by atoms with Crippen LogP contribution in [0.25, 0.3) is 10.2 Å². The van der Waals surface area contributed by atoms with E-state index in [0.29, 0.717) is 0 Å². The number of aromatic nitrogens is 1. The number of para-hydroxylation sites is 1. The highest BCUT2D eigenvalue weighted by Gasteiger charge is 2.16. The van der Waals surface area contributed by atoms with Crippen LogP contribution in [0.2, 0.25) is 0 Å². The molecule has 4 heteroatoms. The van der Waals surface area contributed by atoms with E-state index in [4.69, 9.17) is 4.84 Å². The summed E-state index contributed by atoms with van der Waals surface area (Å²) >= 11 is 1.68. The number of anilines is 1. The van der Waals surface area contributed by atoms with Gasteiger partial charge in [-0.25, -0.2) is 10.0 Å². The molecular weight excluding hydrogens is 196 g/mol. The van der Waals surface area contributed by atoms with Gasteiger partial charge >= 0.3 is 0 Å². The van der Waals surface area contributed by atoms with Crippen LogP contribution >= 0.6 is 11.3 Å². The molecule has 0 N–H and O–H groups in total. The molecule has 0 amide bonds. The van der Waals surface area contributed by atoms with Gasteiger partial charge in [-0.15, -0.1) is 0 Å². The van der Waals surface area contributed by atoms with Gasteiger partial charge in [0.1, 0.15) is 0 Å². The van der Waals surface area contributed by atoms with Gasteiger partial charge in [-0.2, -0.15) is 0 Å². The quantitative estimate of drug-likeness (QED) is 0.716. The topological polar surface area (TPSA) is 25.4 Å². The minimum Gasteiger partial charge on any atom is -0.271 e. The number of hydrogen-bond acceptors (Lipinski definition) is 4. The van der Waals surface area contributed by atoms with Gasteiger partial charge < -0.3 is 0 Å². The van der Waals surface area contributed by atoms with Crippen molar-refractivity contribution in [3.05, 3.63) is 24.3 Å². The largest absolute Gasteiger partial charge is 0.271 e. The van der Waals surface area contributed by atoms with Gasteiger partial charge in [0, 0.05) is 0 Å². The monoisotopic (exact) mass is 206 g/mol. The average Bonchev–Trinajstić information content (AvgIpc) is 2.86. The summed E-state index contributed by atoms with van der Waals surface area (Å²) in [5.74, 6) is 0. The molecule has 1 aromatic heterocycles. The van der Waals surface area contributed by atoms with E-state index in [1.54, 1.807) is 11.3 Å². The van der Waals surface area contributed by atoms with Crippen molar-refractivity contribution in [1.82, 2.24) is 4.98 Å². The van der Waals surface area contributed by atoms with Crippen molar-refractivity contribution >= 4 is 26.7 Å². The van der Waals surface area contributed by atoms with Gasteiger partial charge in [0.05, 0.1) is 23.4 Å². The van der Waals surface area contributed by atoms with Crippen molar-refractivity contribution in [1.29, 1.82) is 0 Å². The molecule has 1 fully saturated rings. The molecular formula is C10H10N2OS. The average molecular weight is 206 g/mol. The molecule has 0 spiro atoms. The Balaban J connectivity index is 2.05. The van der Waals surface area contributed by atoms with Crippen molar-refractivity contribution in [3.8, 4) is 0 Å². The summed E-state index contributed by atoms with van der Waals surface area (Å²) in [6.45, 7) is 1.77. The molecule has 72 valence electrons. The highest BCUT2D eigenvalue weighted by molar-refractivity contribution is 7.22. The number of thiazole rings is 1. The number of nitrogens with zero attached hydrogens (tertiary/aromatic N) is 2. The maximum absolute atomic E-state index is 5.45. The Bertz CT molecular complexity index is 415. The maximum atomic E-state index is 5.45. The molecule has 3 nitrogen and oxygen atoms in total. The highest BCUT2D eigenvalue weighted by Crippen LogP contribution is 2.29. The number of hydrogen-bond donors (Lipinski definition) is 0. The fraction of sp³-hybridized carbons (Fsp3) is 0.300. The van der Waals surface area contributed by atoms with Gasteiger partial charge in [0.15, 0.2) is 0 Å². The van der Waals surface area contributed by atoms with Crippen molar-refractivity contribution in [2.24, 2.45) is 0 Å². The Hall–Kier alpha value is -1.13. The van der Waals surface area contributed by atoms with E-state index in [1.165, 1.54) is 4.70 Å². The summed E-state index contributed by atoms with van der Waals surface area (Å²) in [5, 5.41) is 2.87. The first-order chi connectivity index (χ1) is 6.93. The first-order valence-corrected chi connectivity index (χ1v) is 5.51. The van der Waals surface area contributed by atoms with Crippen molar-refractivity contribution < 1.29 is 4.84 Å². The molecule has 0 bridgehead atoms. The second kappa shape index (κ2) is 3.22. The normalized spacial score (nSPS) is 16.7. The van der Waals surface area contributed by atoms with E-state index < -0.39 is 0 Å². The Morgan fingerprint density at radius 1 is 1.36 bits per heavy atom. The van der Waals surface area contributed by atoms with Crippen LogP contribution in [0.3, 0.4) is 0 Å². The second-order valence-corrected chi connectivity index (χ2v) is 4.26. The predicted octanol–water partition coefficient (Wildman–Crippen LogP) is 2.44. The van der Waals surface area contributed by atoms with E-state index in [9.17, 15) is 0 Å². The molecule has 1 saturated heterocycles. The van der Waals surface area contributed by atoms with E-state index >= 15 is 0 Å². The molecule has 0 unspecified atom stereocenters. The first-order valence-electron chi connectivity index (χ1n) is 4.69. The fourth-order valence-corrected chi connectivity index (χ4v) is 2.52. The number of fused-ring (bicyclic) bond motifs is 1. The zero-order valence-corrected chi connectivity index (χ0v) is 8.46. The van der Waals surface area contributed by atoms with Crippen LogP contribution in [-0.4, -0.2) is 18.1 Å². The van der Waals surface area contributed by atoms with Gasteiger partial charge in [0.25, 0.3) is 0 Å². The third-order valence-corrected chi connectivity index (χ3v) is 3.29. The summed E-state index contributed by atoms with van der Waals surface area (Å²) in [6, 6.07) is 8.17. The summed E-state index contributed by atoms with van der Waals surface area (Å²) in [5.41, 5.74) is 1.06. The van der Waals surface area contributed by atoms with Crippen molar-refractivity contribution in [2.75, 3.05) is 18.2 Å². The lowest BCUT2D eigenvalue weighted by Gasteiger charge is -2.10. The van der Waals surface area contributed by atoms with Crippen LogP contribution in [0, 0.1) is 0 Å². The Kier molecular flexibility index (Phi) is 1.89. The second-order valence-electron chi connectivity index (χ2n) is 3.25. The number of hydroxylamine groups is 1. The summed E-state index contributed by atoms with van der Waals surface area (Å²) in [6.07, 6.45) is 1.09. The van der Waals surface area contributed by atoms with Crippen LogP contribution in [0.15, 0.2) is 24.3 Å². The van der Waals surface area contributed by atoms with Gasteiger partial charge in [0.2, 0.25) is 5.13 Å². The maximum Gasteiger partial charge on any atom is 0.210 e. The van der Waals surface area contributed by atoms with E-state index in [1.807, 2.05) is 23.3 Å². The van der Waals surface area contributed by atoms with Crippen LogP contribution in [0.1, 0.15) is 6.42 Å².